The molecule has 0 radical (unpaired) electrons. The summed E-state index contributed by atoms with van der Waals surface area (Å²) >= 11 is 0. The number of hydrogen-bond donors (Lipinski definition) is 0. The zero-order valence-corrected chi connectivity index (χ0v) is 14.3. The number of alkyl halides is 6. The van der Waals surface area contributed by atoms with E-state index in [1.54, 1.807) is 13.0 Å². The monoisotopic (exact) mass is 406 g/mol. The van der Waals surface area contributed by atoms with Gasteiger partial charge >= 0.3 is 12.4 Å². The first kappa shape index (κ1) is 20.0. The summed E-state index contributed by atoms with van der Waals surface area (Å²) in [6.07, 6.45) is -8.32. The van der Waals surface area contributed by atoms with E-state index in [4.69, 9.17) is 9.47 Å². The highest BCUT2D eigenvalue weighted by atomic mass is 19.4. The summed E-state index contributed by atoms with van der Waals surface area (Å²) in [4.78, 5) is 0. The van der Waals surface area contributed by atoms with Crippen LogP contribution in [-0.2, 0) is 19.0 Å². The van der Waals surface area contributed by atoms with Crippen molar-refractivity contribution in [3.05, 3.63) is 64.0 Å². The summed E-state index contributed by atoms with van der Waals surface area (Å²) in [5.74, 6) is -0.567. The molecule has 150 valence electrons. The van der Waals surface area contributed by atoms with Crippen LogP contribution in [0.4, 0.5) is 30.7 Å². The largest absolute Gasteiger partial charge is 0.489 e. The first-order chi connectivity index (χ1) is 12.9. The first-order valence-electron chi connectivity index (χ1n) is 7.98. The van der Waals surface area contributed by atoms with Crippen molar-refractivity contribution in [2.45, 2.75) is 25.9 Å². The van der Waals surface area contributed by atoms with Crippen molar-refractivity contribution in [2.24, 2.45) is 0 Å². The first-order valence-corrected chi connectivity index (χ1v) is 7.98. The minimum absolute atomic E-state index is 0.0323. The van der Waals surface area contributed by atoms with E-state index in [2.05, 4.69) is 0 Å². The third kappa shape index (κ3) is 4.40. The van der Waals surface area contributed by atoms with Crippen molar-refractivity contribution in [1.29, 1.82) is 0 Å². The van der Waals surface area contributed by atoms with E-state index in [1.165, 1.54) is 6.07 Å². The van der Waals surface area contributed by atoms with Gasteiger partial charge in [0.05, 0.1) is 16.7 Å². The molecule has 0 N–H and O–H groups in total. The number of rotatable bonds is 3. The number of halogens is 7. The molecule has 0 saturated carbocycles. The van der Waals surface area contributed by atoms with Gasteiger partial charge in [-0.3, -0.25) is 0 Å². The molecule has 0 spiro atoms. The summed E-state index contributed by atoms with van der Waals surface area (Å²) < 4.78 is 102. The highest BCUT2D eigenvalue weighted by Gasteiger charge is 2.36. The predicted molar refractivity (Wildman–Crippen MR) is 86.3 cm³/mol. The minimum atomic E-state index is -4.95. The van der Waals surface area contributed by atoms with Crippen molar-refractivity contribution in [2.75, 3.05) is 6.61 Å². The van der Waals surface area contributed by atoms with Gasteiger partial charge in [-0.25, -0.2) is 4.39 Å². The topological polar surface area (TPSA) is 18.5 Å². The predicted octanol–water partition coefficient (Wildman–Crippen LogP) is 6.24. The molecule has 0 unspecified atom stereocenters. The zero-order chi connectivity index (χ0) is 20.7. The van der Waals surface area contributed by atoms with E-state index < -0.39 is 35.9 Å². The van der Waals surface area contributed by atoms with Crippen LogP contribution in [0.25, 0.3) is 6.08 Å². The second-order valence-electron chi connectivity index (χ2n) is 6.30. The van der Waals surface area contributed by atoms with Gasteiger partial charge in [-0.15, -0.1) is 0 Å². The van der Waals surface area contributed by atoms with E-state index in [9.17, 15) is 30.7 Å². The second-order valence-corrected chi connectivity index (χ2v) is 6.30. The van der Waals surface area contributed by atoms with Crippen LogP contribution in [0, 0.1) is 5.82 Å². The molecule has 2 aromatic rings. The second kappa shape index (κ2) is 7.03. The maximum absolute atomic E-state index is 14.2. The highest BCUT2D eigenvalue weighted by molar-refractivity contribution is 5.64. The number of fused-ring (bicyclic) bond motifs is 1. The van der Waals surface area contributed by atoms with Crippen LogP contribution in [0.2, 0.25) is 0 Å². The van der Waals surface area contributed by atoms with Gasteiger partial charge in [-0.2, -0.15) is 26.3 Å². The average Bonchev–Trinajstić information content (AvgIpc) is 2.59. The lowest BCUT2D eigenvalue weighted by molar-refractivity contribution is -0.143. The maximum Gasteiger partial charge on any atom is 0.416 e. The van der Waals surface area contributed by atoms with Crippen molar-refractivity contribution < 1.29 is 40.2 Å². The van der Waals surface area contributed by atoms with Crippen LogP contribution < -0.4 is 9.47 Å². The van der Waals surface area contributed by atoms with Gasteiger partial charge in [0, 0.05) is 12.1 Å². The third-order valence-electron chi connectivity index (χ3n) is 3.96. The maximum atomic E-state index is 14.2. The van der Waals surface area contributed by atoms with E-state index in [1.807, 2.05) is 0 Å². The van der Waals surface area contributed by atoms with Crippen molar-refractivity contribution >= 4 is 6.08 Å². The molecule has 0 bridgehead atoms. The van der Waals surface area contributed by atoms with Gasteiger partial charge in [-0.05, 0) is 42.3 Å². The highest BCUT2D eigenvalue weighted by Crippen LogP contribution is 2.37. The molecule has 28 heavy (non-hydrogen) atoms. The van der Waals surface area contributed by atoms with Crippen LogP contribution in [0.1, 0.15) is 29.2 Å². The van der Waals surface area contributed by atoms with Gasteiger partial charge in [0.25, 0.3) is 0 Å². The molecule has 0 saturated heterocycles. The van der Waals surface area contributed by atoms with E-state index in [-0.39, 0.29) is 35.3 Å². The summed E-state index contributed by atoms with van der Waals surface area (Å²) in [5.41, 5.74) is -2.24. The molecule has 3 rings (SSSR count). The van der Waals surface area contributed by atoms with Crippen LogP contribution >= 0.6 is 0 Å². The normalized spacial score (nSPS) is 14.2. The Kier molecular flexibility index (Phi) is 5.03. The molecule has 0 aliphatic carbocycles. The van der Waals surface area contributed by atoms with Gasteiger partial charge in [-0.1, -0.05) is 0 Å². The molecule has 0 amide bonds. The Hall–Kier alpha value is -2.71. The Bertz CT molecular complexity index is 895. The van der Waals surface area contributed by atoms with Crippen LogP contribution in [-0.4, -0.2) is 6.61 Å². The van der Waals surface area contributed by atoms with Crippen molar-refractivity contribution in [3.8, 4) is 11.5 Å². The minimum Gasteiger partial charge on any atom is -0.489 e. The summed E-state index contributed by atoms with van der Waals surface area (Å²) in [7, 11) is 0. The third-order valence-corrected chi connectivity index (χ3v) is 3.96. The van der Waals surface area contributed by atoms with Gasteiger partial charge in [0.15, 0.2) is 0 Å². The Balaban J connectivity index is 1.88. The molecule has 9 heteroatoms. The van der Waals surface area contributed by atoms with Crippen LogP contribution in [0.3, 0.4) is 0 Å². The summed E-state index contributed by atoms with van der Waals surface area (Å²) in [5, 5.41) is 0. The Morgan fingerprint density at radius 1 is 0.929 bits per heavy atom. The van der Waals surface area contributed by atoms with Crippen LogP contribution in [0.5, 0.6) is 11.5 Å². The molecule has 1 aliphatic heterocycles. The average molecular weight is 406 g/mol. The fraction of sp³-hybridized carbons (Fsp3) is 0.263. The molecule has 2 nitrogen and oxygen atoms in total. The smallest absolute Gasteiger partial charge is 0.416 e. The molecule has 1 aliphatic rings. The van der Waals surface area contributed by atoms with Crippen molar-refractivity contribution in [3.63, 3.8) is 0 Å². The standard InChI is InChI=1S/C19H13F7O2/c1-10-2-15-16(20)6-14(7-17(15)28-8-10)27-9-11-3-12(18(21,22)23)5-13(4-11)19(24,25)26/h2-7H,8-9H2,1H3. The molecular formula is C19H13F7O2. The van der Waals surface area contributed by atoms with E-state index >= 15 is 0 Å². The van der Waals surface area contributed by atoms with Gasteiger partial charge in [0.2, 0.25) is 0 Å². The lowest BCUT2D eigenvalue weighted by Gasteiger charge is -2.18. The molecule has 0 fully saturated rings. The Labute approximate surface area is 155 Å². The number of ether oxygens (including phenoxy) is 2. The quantitative estimate of drug-likeness (QED) is 0.562. The number of benzene rings is 2. The zero-order valence-electron chi connectivity index (χ0n) is 14.3. The summed E-state index contributed by atoms with van der Waals surface area (Å²) in [6.45, 7) is 1.37. The molecule has 2 aromatic carbocycles. The molecule has 1 heterocycles. The SMILES string of the molecule is CC1=Cc2c(F)cc(OCc3cc(C(F)(F)F)cc(C(F)(F)F)c3)cc2OC1. The summed E-state index contributed by atoms with van der Waals surface area (Å²) in [6, 6.07) is 3.49. The lowest BCUT2D eigenvalue weighted by Crippen LogP contribution is -2.12. The fourth-order valence-corrected chi connectivity index (χ4v) is 2.66. The van der Waals surface area contributed by atoms with Crippen molar-refractivity contribution in [1.82, 2.24) is 0 Å². The fourth-order valence-electron chi connectivity index (χ4n) is 2.66. The molecule has 0 aromatic heterocycles. The lowest BCUT2D eigenvalue weighted by atomic mass is 10.1. The number of hydrogen-bond acceptors (Lipinski definition) is 2. The van der Waals surface area contributed by atoms with Gasteiger partial charge in [0.1, 0.15) is 30.5 Å². The van der Waals surface area contributed by atoms with E-state index in [0.717, 1.165) is 11.6 Å². The van der Waals surface area contributed by atoms with E-state index in [0.29, 0.717) is 12.1 Å². The van der Waals surface area contributed by atoms with Gasteiger partial charge < -0.3 is 9.47 Å². The van der Waals surface area contributed by atoms with Crippen LogP contribution in [0.15, 0.2) is 35.9 Å². The Morgan fingerprint density at radius 2 is 1.54 bits per heavy atom. The Morgan fingerprint density at radius 3 is 2.11 bits per heavy atom. The molecular weight excluding hydrogens is 393 g/mol. The molecule has 0 atom stereocenters.